The van der Waals surface area contributed by atoms with Crippen molar-refractivity contribution in [2.45, 2.75) is 43.0 Å². The number of rotatable bonds is 1. The Balaban J connectivity index is 2.41. The van der Waals surface area contributed by atoms with Gasteiger partial charge in [0, 0.05) is 4.83 Å². The van der Waals surface area contributed by atoms with Crippen molar-refractivity contribution in [2.24, 2.45) is 5.92 Å². The van der Waals surface area contributed by atoms with E-state index in [4.69, 9.17) is 5.11 Å². The van der Waals surface area contributed by atoms with E-state index in [0.717, 1.165) is 37.7 Å². The maximum Gasteiger partial charge on any atom is 0.334 e. The van der Waals surface area contributed by atoms with E-state index in [9.17, 15) is 9.90 Å². The average Bonchev–Trinajstić information content (AvgIpc) is 2.58. The number of fused-ring (bicyclic) bond motifs is 1. The van der Waals surface area contributed by atoms with Gasteiger partial charge in [0.05, 0.1) is 11.7 Å². The number of aliphatic hydroxyl groups excluding tert-OH is 1. The Morgan fingerprint density at radius 3 is 2.73 bits per heavy atom. The van der Waals surface area contributed by atoms with Crippen LogP contribution in [0.3, 0.4) is 0 Å². The number of carboxylic acid groups (broad SMARTS) is 1. The molecular weight excluding hydrogens is 260 g/mol. The Kier molecular flexibility index (Phi) is 3.16. The Morgan fingerprint density at radius 2 is 2.07 bits per heavy atom. The molecule has 0 aromatic carbocycles. The smallest absolute Gasteiger partial charge is 0.334 e. The van der Waals surface area contributed by atoms with Crippen molar-refractivity contribution in [3.8, 4) is 0 Å². The maximum atomic E-state index is 11.2. The van der Waals surface area contributed by atoms with Gasteiger partial charge in [0.2, 0.25) is 0 Å². The quantitative estimate of drug-likeness (QED) is 0.720. The summed E-state index contributed by atoms with van der Waals surface area (Å²) in [6.07, 6.45) is 4.00. The molecule has 4 heteroatoms. The minimum Gasteiger partial charge on any atom is -0.478 e. The van der Waals surface area contributed by atoms with Gasteiger partial charge in [-0.2, -0.15) is 0 Å². The van der Waals surface area contributed by atoms with Crippen molar-refractivity contribution in [1.82, 2.24) is 0 Å². The van der Waals surface area contributed by atoms with Crippen LogP contribution in [0.5, 0.6) is 0 Å². The highest BCUT2D eigenvalue weighted by Gasteiger charge is 2.36. The van der Waals surface area contributed by atoms with Crippen molar-refractivity contribution < 1.29 is 15.0 Å². The Morgan fingerprint density at radius 1 is 1.33 bits per heavy atom. The second-order valence-corrected chi connectivity index (χ2v) is 5.55. The van der Waals surface area contributed by atoms with Gasteiger partial charge in [-0.25, -0.2) is 4.79 Å². The van der Waals surface area contributed by atoms with Crippen LogP contribution in [0.15, 0.2) is 11.1 Å². The van der Waals surface area contributed by atoms with Crippen molar-refractivity contribution in [1.29, 1.82) is 0 Å². The fourth-order valence-electron chi connectivity index (χ4n) is 2.74. The lowest BCUT2D eigenvalue weighted by Gasteiger charge is -2.16. The number of carbonyl (C=O) groups is 1. The summed E-state index contributed by atoms with van der Waals surface area (Å²) in [5, 5.41) is 19.1. The Hall–Kier alpha value is -0.350. The summed E-state index contributed by atoms with van der Waals surface area (Å²) in [6.45, 7) is 0. The van der Waals surface area contributed by atoms with Crippen molar-refractivity contribution >= 4 is 21.9 Å². The van der Waals surface area contributed by atoms with Gasteiger partial charge >= 0.3 is 5.97 Å². The first kappa shape index (κ1) is 11.1. The van der Waals surface area contributed by atoms with Crippen LogP contribution in [0.25, 0.3) is 0 Å². The molecule has 15 heavy (non-hydrogen) atoms. The standard InChI is InChI=1S/C11H15BrO3/c12-8-5-4-6-2-1-3-7(6)9(10(8)13)11(14)15/h6,8,10,13H,1-5H2,(H,14,15)/t6-,8+,10-/m0/s1. The summed E-state index contributed by atoms with van der Waals surface area (Å²) in [5.74, 6) is -0.552. The van der Waals surface area contributed by atoms with E-state index >= 15 is 0 Å². The van der Waals surface area contributed by atoms with Gasteiger partial charge in [-0.15, -0.1) is 0 Å². The lowest BCUT2D eigenvalue weighted by atomic mass is 9.95. The van der Waals surface area contributed by atoms with Gasteiger partial charge in [0.1, 0.15) is 0 Å². The molecule has 0 saturated heterocycles. The van der Waals surface area contributed by atoms with E-state index in [1.807, 2.05) is 0 Å². The molecule has 84 valence electrons. The van der Waals surface area contributed by atoms with Crippen LogP contribution in [0.1, 0.15) is 32.1 Å². The molecule has 2 rings (SSSR count). The molecule has 0 unspecified atom stereocenters. The third-order valence-electron chi connectivity index (χ3n) is 3.50. The number of allylic oxidation sites excluding steroid dienone is 1. The number of alkyl halides is 1. The topological polar surface area (TPSA) is 57.5 Å². The maximum absolute atomic E-state index is 11.2. The second-order valence-electron chi connectivity index (χ2n) is 4.37. The van der Waals surface area contributed by atoms with Crippen LogP contribution in [-0.2, 0) is 4.79 Å². The zero-order chi connectivity index (χ0) is 11.0. The molecule has 0 aromatic heterocycles. The lowest BCUT2D eigenvalue weighted by Crippen LogP contribution is -2.26. The summed E-state index contributed by atoms with van der Waals surface area (Å²) in [7, 11) is 0. The lowest BCUT2D eigenvalue weighted by molar-refractivity contribution is -0.133. The number of hydrogen-bond acceptors (Lipinski definition) is 2. The fraction of sp³-hybridized carbons (Fsp3) is 0.727. The second kappa shape index (κ2) is 4.26. The number of hydrogen-bond donors (Lipinski definition) is 2. The first-order chi connectivity index (χ1) is 7.11. The molecule has 0 spiro atoms. The summed E-state index contributed by atoms with van der Waals surface area (Å²) in [4.78, 5) is 11.1. The number of aliphatic hydroxyl groups is 1. The molecule has 0 aromatic rings. The van der Waals surface area contributed by atoms with Gasteiger partial charge in [-0.1, -0.05) is 21.5 Å². The highest BCUT2D eigenvalue weighted by atomic mass is 79.9. The van der Waals surface area contributed by atoms with E-state index in [0.29, 0.717) is 5.92 Å². The summed E-state index contributed by atoms with van der Waals surface area (Å²) in [6, 6.07) is 0. The normalized spacial score (nSPS) is 36.3. The predicted octanol–water partition coefficient (Wildman–Crippen LogP) is 2.09. The minimum atomic E-state index is -0.948. The zero-order valence-corrected chi connectivity index (χ0v) is 10.0. The molecule has 3 atom stereocenters. The molecule has 0 radical (unpaired) electrons. The van der Waals surface area contributed by atoms with Crippen LogP contribution in [0.4, 0.5) is 0 Å². The van der Waals surface area contributed by atoms with E-state index in [2.05, 4.69) is 15.9 Å². The van der Waals surface area contributed by atoms with Gasteiger partial charge in [-0.05, 0) is 38.0 Å². The van der Waals surface area contributed by atoms with Gasteiger partial charge in [0.15, 0.2) is 0 Å². The van der Waals surface area contributed by atoms with Gasteiger partial charge < -0.3 is 10.2 Å². The largest absolute Gasteiger partial charge is 0.478 e. The first-order valence-corrected chi connectivity index (χ1v) is 6.31. The number of aliphatic carboxylic acids is 1. The van der Waals surface area contributed by atoms with E-state index in [-0.39, 0.29) is 10.4 Å². The fourth-order valence-corrected chi connectivity index (χ4v) is 3.27. The SMILES string of the molecule is O=C(O)C1=C2CCC[C@H]2CC[C@@H](Br)[C@@H]1O. The Labute approximate surface area is 97.3 Å². The molecule has 3 nitrogen and oxygen atoms in total. The summed E-state index contributed by atoms with van der Waals surface area (Å²) >= 11 is 3.37. The van der Waals surface area contributed by atoms with Crippen LogP contribution in [-0.4, -0.2) is 27.1 Å². The molecule has 2 N–H and O–H groups in total. The van der Waals surface area contributed by atoms with Crippen LogP contribution >= 0.6 is 15.9 Å². The van der Waals surface area contributed by atoms with Crippen LogP contribution in [0, 0.1) is 5.92 Å². The van der Waals surface area contributed by atoms with Crippen molar-refractivity contribution in [2.75, 3.05) is 0 Å². The molecule has 2 aliphatic rings. The minimum absolute atomic E-state index is 0.110. The molecular formula is C11H15BrO3. The molecule has 1 fully saturated rings. The monoisotopic (exact) mass is 274 g/mol. The molecule has 0 heterocycles. The van der Waals surface area contributed by atoms with E-state index < -0.39 is 12.1 Å². The van der Waals surface area contributed by atoms with Crippen molar-refractivity contribution in [3.63, 3.8) is 0 Å². The van der Waals surface area contributed by atoms with Crippen molar-refractivity contribution in [3.05, 3.63) is 11.1 Å². The average molecular weight is 275 g/mol. The van der Waals surface area contributed by atoms with Gasteiger partial charge in [-0.3, -0.25) is 0 Å². The molecule has 0 aliphatic heterocycles. The summed E-state index contributed by atoms with van der Waals surface area (Å²) < 4.78 is 0. The molecule has 2 aliphatic carbocycles. The van der Waals surface area contributed by atoms with Crippen LogP contribution < -0.4 is 0 Å². The third-order valence-corrected chi connectivity index (χ3v) is 4.46. The first-order valence-electron chi connectivity index (χ1n) is 5.39. The third kappa shape index (κ3) is 1.97. The summed E-state index contributed by atoms with van der Waals surface area (Å²) in [5.41, 5.74) is 1.26. The molecule has 0 amide bonds. The van der Waals surface area contributed by atoms with Crippen LogP contribution in [0.2, 0.25) is 0 Å². The highest BCUT2D eigenvalue weighted by molar-refractivity contribution is 9.09. The van der Waals surface area contributed by atoms with E-state index in [1.54, 1.807) is 0 Å². The Bertz CT molecular complexity index is 311. The van der Waals surface area contributed by atoms with E-state index in [1.165, 1.54) is 0 Å². The highest BCUT2D eigenvalue weighted by Crippen LogP contribution is 2.41. The number of halogens is 1. The predicted molar refractivity (Wildman–Crippen MR) is 60.0 cm³/mol. The molecule has 1 saturated carbocycles. The molecule has 0 bridgehead atoms. The van der Waals surface area contributed by atoms with Gasteiger partial charge in [0.25, 0.3) is 0 Å². The number of carboxylic acids is 1. The zero-order valence-electron chi connectivity index (χ0n) is 8.45.